The molecule has 1 saturated heterocycles. The Kier molecular flexibility index (Phi) is 8.08. The summed E-state index contributed by atoms with van der Waals surface area (Å²) in [4.78, 5) is 13.9. The summed E-state index contributed by atoms with van der Waals surface area (Å²) in [6.45, 7) is 3.78. The molecule has 1 N–H and O–H groups in total. The van der Waals surface area contributed by atoms with Gasteiger partial charge in [-0.2, -0.15) is 0 Å². The molecule has 1 amide bonds. The second-order valence-corrected chi connectivity index (χ2v) is 4.87. The summed E-state index contributed by atoms with van der Waals surface area (Å²) in [7, 11) is 0. The molecular weight excluding hydrogens is 295 g/mol. The molecule has 1 heterocycles. The van der Waals surface area contributed by atoms with Crippen LogP contribution in [0.25, 0.3) is 0 Å². The quantitative estimate of drug-likeness (QED) is 0.847. The molecule has 1 aliphatic rings. The zero-order chi connectivity index (χ0) is 14.2. The summed E-state index contributed by atoms with van der Waals surface area (Å²) in [6.07, 6.45) is 2.06. The highest BCUT2D eigenvalue weighted by atomic mass is 35.5. The minimum atomic E-state index is -0.364. The average molecular weight is 317 g/mol. The molecule has 4 nitrogen and oxygen atoms in total. The Bertz CT molecular complexity index is 437. The van der Waals surface area contributed by atoms with E-state index in [1.54, 1.807) is 18.2 Å². The highest BCUT2D eigenvalue weighted by molar-refractivity contribution is 5.85. The van der Waals surface area contributed by atoms with Crippen molar-refractivity contribution in [3.8, 4) is 5.75 Å². The topological polar surface area (TPSA) is 41.6 Å². The van der Waals surface area contributed by atoms with Crippen molar-refractivity contribution in [2.24, 2.45) is 0 Å². The maximum atomic E-state index is 13.3. The maximum absolute atomic E-state index is 13.3. The highest BCUT2D eigenvalue weighted by Crippen LogP contribution is 2.15. The van der Waals surface area contributed by atoms with Crippen molar-refractivity contribution in [3.63, 3.8) is 0 Å². The largest absolute Gasteiger partial charge is 0.491 e. The van der Waals surface area contributed by atoms with Crippen LogP contribution in [-0.4, -0.2) is 43.6 Å². The number of hydrogen-bond donors (Lipinski definition) is 1. The number of amides is 1. The third kappa shape index (κ3) is 5.89. The molecular formula is C15H22ClFN2O2. The molecule has 0 atom stereocenters. The van der Waals surface area contributed by atoms with Gasteiger partial charge < -0.3 is 15.0 Å². The minimum Gasteiger partial charge on any atom is -0.491 e. The lowest BCUT2D eigenvalue weighted by Gasteiger charge is -2.19. The molecule has 1 aliphatic heterocycles. The molecule has 0 aromatic heterocycles. The molecule has 1 fully saturated rings. The first-order chi connectivity index (χ1) is 9.77. The van der Waals surface area contributed by atoms with Gasteiger partial charge in [-0.1, -0.05) is 12.1 Å². The van der Waals surface area contributed by atoms with Crippen LogP contribution in [0.15, 0.2) is 24.3 Å². The van der Waals surface area contributed by atoms with E-state index in [1.807, 2.05) is 4.90 Å². The van der Waals surface area contributed by atoms with Gasteiger partial charge >= 0.3 is 0 Å². The van der Waals surface area contributed by atoms with Gasteiger partial charge in [-0.25, -0.2) is 4.39 Å². The van der Waals surface area contributed by atoms with Gasteiger partial charge in [0.15, 0.2) is 11.6 Å². The molecule has 0 unspecified atom stereocenters. The lowest BCUT2D eigenvalue weighted by atomic mass is 10.2. The Hall–Kier alpha value is -1.33. The van der Waals surface area contributed by atoms with Crippen molar-refractivity contribution >= 4 is 18.3 Å². The average Bonchev–Trinajstić information content (AvgIpc) is 2.74. The predicted molar refractivity (Wildman–Crippen MR) is 82.4 cm³/mol. The summed E-state index contributed by atoms with van der Waals surface area (Å²) < 4.78 is 18.6. The summed E-state index contributed by atoms with van der Waals surface area (Å²) in [5.74, 6) is 0.0437. The second kappa shape index (κ2) is 9.58. The molecule has 21 heavy (non-hydrogen) atoms. The van der Waals surface area contributed by atoms with Crippen molar-refractivity contribution in [1.29, 1.82) is 0 Å². The van der Waals surface area contributed by atoms with Crippen LogP contribution < -0.4 is 10.1 Å². The SMILES string of the molecule is Cl.O=C(CCCOc1ccccc1F)N1CCCNCC1. The van der Waals surface area contributed by atoms with E-state index in [0.717, 1.165) is 32.6 Å². The molecule has 1 aromatic rings. The first kappa shape index (κ1) is 17.7. The molecule has 0 bridgehead atoms. The van der Waals surface area contributed by atoms with E-state index in [1.165, 1.54) is 6.07 Å². The van der Waals surface area contributed by atoms with E-state index in [-0.39, 0.29) is 29.9 Å². The van der Waals surface area contributed by atoms with Crippen molar-refractivity contribution in [1.82, 2.24) is 10.2 Å². The van der Waals surface area contributed by atoms with Gasteiger partial charge in [0, 0.05) is 26.1 Å². The zero-order valence-corrected chi connectivity index (χ0v) is 12.8. The normalized spacial score (nSPS) is 15.0. The van der Waals surface area contributed by atoms with Gasteiger partial charge in [-0.15, -0.1) is 12.4 Å². The van der Waals surface area contributed by atoms with Crippen LogP contribution >= 0.6 is 12.4 Å². The van der Waals surface area contributed by atoms with E-state index in [9.17, 15) is 9.18 Å². The number of halogens is 2. The summed E-state index contributed by atoms with van der Waals surface area (Å²) in [5, 5.41) is 3.27. The third-order valence-electron chi connectivity index (χ3n) is 3.32. The van der Waals surface area contributed by atoms with Gasteiger partial charge in [0.1, 0.15) is 0 Å². The number of carbonyl (C=O) groups is 1. The highest BCUT2D eigenvalue weighted by Gasteiger charge is 2.14. The first-order valence-corrected chi connectivity index (χ1v) is 7.13. The standard InChI is InChI=1S/C15H21FN2O2.ClH/c16-13-5-1-2-6-14(13)20-12-3-7-15(19)18-10-4-8-17-9-11-18;/h1-2,5-6,17H,3-4,7-12H2;1H. The minimum absolute atomic E-state index is 0. The van der Waals surface area contributed by atoms with Crippen LogP contribution in [0.5, 0.6) is 5.75 Å². The Labute approximate surface area is 131 Å². The zero-order valence-electron chi connectivity index (χ0n) is 12.0. The van der Waals surface area contributed by atoms with Crippen LogP contribution in [-0.2, 0) is 4.79 Å². The van der Waals surface area contributed by atoms with Crippen molar-refractivity contribution in [3.05, 3.63) is 30.1 Å². The van der Waals surface area contributed by atoms with Crippen molar-refractivity contribution in [2.75, 3.05) is 32.8 Å². The smallest absolute Gasteiger partial charge is 0.222 e. The van der Waals surface area contributed by atoms with E-state index in [2.05, 4.69) is 5.32 Å². The van der Waals surface area contributed by atoms with Crippen LogP contribution in [0.3, 0.4) is 0 Å². The van der Waals surface area contributed by atoms with Crippen LogP contribution in [0.4, 0.5) is 4.39 Å². The summed E-state index contributed by atoms with van der Waals surface area (Å²) in [6, 6.07) is 6.31. The predicted octanol–water partition coefficient (Wildman–Crippen LogP) is 2.23. The number of ether oxygens (including phenoxy) is 1. The van der Waals surface area contributed by atoms with Crippen molar-refractivity contribution in [2.45, 2.75) is 19.3 Å². The number of rotatable bonds is 5. The van der Waals surface area contributed by atoms with E-state index in [0.29, 0.717) is 19.4 Å². The van der Waals surface area contributed by atoms with Crippen LogP contribution in [0, 0.1) is 5.82 Å². The molecule has 0 aliphatic carbocycles. The summed E-state index contributed by atoms with van der Waals surface area (Å²) in [5.41, 5.74) is 0. The van der Waals surface area contributed by atoms with Gasteiger partial charge in [-0.05, 0) is 31.5 Å². The van der Waals surface area contributed by atoms with E-state index in [4.69, 9.17) is 4.74 Å². The number of para-hydroxylation sites is 1. The molecule has 1 aromatic carbocycles. The summed E-state index contributed by atoms with van der Waals surface area (Å²) >= 11 is 0. The van der Waals surface area contributed by atoms with Gasteiger partial charge in [0.2, 0.25) is 5.91 Å². The fraction of sp³-hybridized carbons (Fsp3) is 0.533. The molecule has 0 spiro atoms. The van der Waals surface area contributed by atoms with E-state index < -0.39 is 0 Å². The fourth-order valence-corrected chi connectivity index (χ4v) is 2.22. The molecule has 2 rings (SSSR count). The first-order valence-electron chi connectivity index (χ1n) is 7.13. The Morgan fingerprint density at radius 2 is 2.10 bits per heavy atom. The molecule has 0 radical (unpaired) electrons. The molecule has 0 saturated carbocycles. The number of hydrogen-bond acceptors (Lipinski definition) is 3. The Morgan fingerprint density at radius 3 is 2.90 bits per heavy atom. The molecule has 118 valence electrons. The van der Waals surface area contributed by atoms with Crippen LogP contribution in [0.2, 0.25) is 0 Å². The number of nitrogens with one attached hydrogen (secondary N) is 1. The van der Waals surface area contributed by atoms with Gasteiger partial charge in [0.25, 0.3) is 0 Å². The monoisotopic (exact) mass is 316 g/mol. The fourth-order valence-electron chi connectivity index (χ4n) is 2.22. The number of nitrogens with zero attached hydrogens (tertiary/aromatic N) is 1. The molecule has 6 heteroatoms. The lowest BCUT2D eigenvalue weighted by Crippen LogP contribution is -2.34. The maximum Gasteiger partial charge on any atom is 0.222 e. The van der Waals surface area contributed by atoms with E-state index >= 15 is 0 Å². The lowest BCUT2D eigenvalue weighted by molar-refractivity contribution is -0.131. The van der Waals surface area contributed by atoms with Crippen molar-refractivity contribution < 1.29 is 13.9 Å². The van der Waals surface area contributed by atoms with Crippen LogP contribution in [0.1, 0.15) is 19.3 Å². The Balaban J connectivity index is 0.00000220. The number of carbonyl (C=O) groups excluding carboxylic acids is 1. The number of benzene rings is 1. The Morgan fingerprint density at radius 1 is 1.29 bits per heavy atom. The second-order valence-electron chi connectivity index (χ2n) is 4.87. The third-order valence-corrected chi connectivity index (χ3v) is 3.32. The van der Waals surface area contributed by atoms with Gasteiger partial charge in [-0.3, -0.25) is 4.79 Å². The van der Waals surface area contributed by atoms with Gasteiger partial charge in [0.05, 0.1) is 6.61 Å².